The van der Waals surface area contributed by atoms with E-state index in [4.69, 9.17) is 4.74 Å². The van der Waals surface area contributed by atoms with Crippen LogP contribution in [0.2, 0.25) is 0 Å². The highest BCUT2D eigenvalue weighted by atomic mass is 16.5. The monoisotopic (exact) mass is 437 g/mol. The summed E-state index contributed by atoms with van der Waals surface area (Å²) in [5.41, 5.74) is 1.41. The Kier molecular flexibility index (Phi) is 8.66. The summed E-state index contributed by atoms with van der Waals surface area (Å²) in [6.45, 7) is 0.755. The second kappa shape index (κ2) is 11.9. The summed E-state index contributed by atoms with van der Waals surface area (Å²) in [5, 5.41) is 8.09. The Bertz CT molecular complexity index is 938. The third-order valence-electron chi connectivity index (χ3n) is 5.82. The summed E-state index contributed by atoms with van der Waals surface area (Å²) in [6.07, 6.45) is 7.06. The molecule has 0 unspecified atom stereocenters. The van der Waals surface area contributed by atoms with Gasteiger partial charge < -0.3 is 20.7 Å². The van der Waals surface area contributed by atoms with E-state index in [1.807, 2.05) is 24.3 Å². The standard InChI is InChI=1S/C25H31N3O4/c1-32-22-14-8-5-11-19(22)17-27-23(29)20-12-6-7-13-21(20)28-25(31)24(30)26-16-15-18-9-3-2-4-10-18/h5-8,11-14,18H,2-4,9-10,15-17H2,1H3,(H,26,30)(H,27,29)(H,28,31). The molecule has 0 atom stereocenters. The summed E-state index contributed by atoms with van der Waals surface area (Å²) in [6, 6.07) is 14.0. The third-order valence-corrected chi connectivity index (χ3v) is 5.82. The highest BCUT2D eigenvalue weighted by molar-refractivity contribution is 6.40. The lowest BCUT2D eigenvalue weighted by molar-refractivity contribution is -0.136. The van der Waals surface area contributed by atoms with E-state index in [0.717, 1.165) is 12.0 Å². The second-order valence-electron chi connectivity index (χ2n) is 8.04. The van der Waals surface area contributed by atoms with Gasteiger partial charge in [-0.1, -0.05) is 62.4 Å². The number of carbonyl (C=O) groups excluding carboxylic acids is 3. The van der Waals surface area contributed by atoms with Crippen LogP contribution in [-0.2, 0) is 16.1 Å². The van der Waals surface area contributed by atoms with Crippen molar-refractivity contribution in [3.63, 3.8) is 0 Å². The molecule has 1 aliphatic carbocycles. The van der Waals surface area contributed by atoms with E-state index in [-0.39, 0.29) is 23.7 Å². The molecular formula is C25H31N3O4. The number of rotatable bonds is 8. The van der Waals surface area contributed by atoms with E-state index >= 15 is 0 Å². The first-order valence-corrected chi connectivity index (χ1v) is 11.2. The molecule has 2 aromatic rings. The number of hydrogen-bond donors (Lipinski definition) is 3. The number of nitrogens with one attached hydrogen (secondary N) is 3. The van der Waals surface area contributed by atoms with Gasteiger partial charge in [0.05, 0.1) is 18.4 Å². The molecule has 3 amide bonds. The van der Waals surface area contributed by atoms with Crippen molar-refractivity contribution in [3.05, 3.63) is 59.7 Å². The molecule has 0 bridgehead atoms. The van der Waals surface area contributed by atoms with Crippen LogP contribution in [0, 0.1) is 5.92 Å². The molecule has 1 aliphatic rings. The van der Waals surface area contributed by atoms with Gasteiger partial charge >= 0.3 is 11.8 Å². The molecule has 0 radical (unpaired) electrons. The number of para-hydroxylation sites is 2. The molecule has 7 heteroatoms. The number of ether oxygens (including phenoxy) is 1. The van der Waals surface area contributed by atoms with Gasteiger partial charge in [0, 0.05) is 18.7 Å². The van der Waals surface area contributed by atoms with Gasteiger partial charge in [0.2, 0.25) is 0 Å². The van der Waals surface area contributed by atoms with Gasteiger partial charge in [-0.15, -0.1) is 0 Å². The quantitative estimate of drug-likeness (QED) is 0.549. The Morgan fingerprint density at radius 2 is 1.62 bits per heavy atom. The minimum absolute atomic E-state index is 0.271. The van der Waals surface area contributed by atoms with Crippen LogP contribution in [0.1, 0.15) is 54.4 Å². The van der Waals surface area contributed by atoms with Crippen molar-refractivity contribution in [2.75, 3.05) is 19.0 Å². The van der Waals surface area contributed by atoms with Crippen molar-refractivity contribution >= 4 is 23.4 Å². The van der Waals surface area contributed by atoms with E-state index in [0.29, 0.717) is 18.2 Å². The summed E-state index contributed by atoms with van der Waals surface area (Å²) in [4.78, 5) is 37.3. The first kappa shape index (κ1) is 23.3. The van der Waals surface area contributed by atoms with Crippen LogP contribution in [0.5, 0.6) is 5.75 Å². The third kappa shape index (κ3) is 6.57. The summed E-state index contributed by atoms with van der Waals surface area (Å²) in [5.74, 6) is -0.521. The molecule has 0 spiro atoms. The minimum Gasteiger partial charge on any atom is -0.496 e. The molecule has 170 valence electrons. The van der Waals surface area contributed by atoms with Crippen LogP contribution in [0.4, 0.5) is 5.69 Å². The number of methoxy groups -OCH3 is 1. The van der Waals surface area contributed by atoms with Gasteiger partial charge in [-0.05, 0) is 30.5 Å². The second-order valence-corrected chi connectivity index (χ2v) is 8.04. The van der Waals surface area contributed by atoms with Gasteiger partial charge in [-0.2, -0.15) is 0 Å². The molecule has 3 rings (SSSR count). The van der Waals surface area contributed by atoms with E-state index in [9.17, 15) is 14.4 Å². The zero-order chi connectivity index (χ0) is 22.8. The number of benzene rings is 2. The van der Waals surface area contributed by atoms with Gasteiger partial charge in [0.1, 0.15) is 5.75 Å². The maximum Gasteiger partial charge on any atom is 0.313 e. The molecule has 7 nitrogen and oxygen atoms in total. The molecule has 0 saturated heterocycles. The summed E-state index contributed by atoms with van der Waals surface area (Å²) < 4.78 is 5.30. The Hall–Kier alpha value is -3.35. The highest BCUT2D eigenvalue weighted by Crippen LogP contribution is 2.25. The zero-order valence-electron chi connectivity index (χ0n) is 18.5. The molecule has 0 aliphatic heterocycles. The number of amides is 3. The Morgan fingerprint density at radius 1 is 0.906 bits per heavy atom. The van der Waals surface area contributed by atoms with Gasteiger partial charge in [0.15, 0.2) is 0 Å². The van der Waals surface area contributed by atoms with E-state index < -0.39 is 11.8 Å². The van der Waals surface area contributed by atoms with Crippen LogP contribution in [0.3, 0.4) is 0 Å². The topological polar surface area (TPSA) is 96.5 Å². The van der Waals surface area contributed by atoms with Gasteiger partial charge in [-0.3, -0.25) is 14.4 Å². The van der Waals surface area contributed by atoms with Crippen molar-refractivity contribution < 1.29 is 19.1 Å². The maximum atomic E-state index is 12.7. The highest BCUT2D eigenvalue weighted by Gasteiger charge is 2.19. The van der Waals surface area contributed by atoms with Crippen LogP contribution < -0.4 is 20.7 Å². The van der Waals surface area contributed by atoms with Crippen LogP contribution >= 0.6 is 0 Å². The Labute approximate surface area is 188 Å². The molecule has 32 heavy (non-hydrogen) atoms. The Balaban J connectivity index is 1.53. The first-order chi connectivity index (χ1) is 15.6. The average Bonchev–Trinajstić information content (AvgIpc) is 2.83. The van der Waals surface area contributed by atoms with Crippen molar-refractivity contribution in [1.82, 2.24) is 10.6 Å². The molecular weight excluding hydrogens is 406 g/mol. The molecule has 1 saturated carbocycles. The van der Waals surface area contributed by atoms with Crippen molar-refractivity contribution in [2.45, 2.75) is 45.1 Å². The maximum absolute atomic E-state index is 12.7. The van der Waals surface area contributed by atoms with E-state index in [1.54, 1.807) is 31.4 Å². The fourth-order valence-corrected chi connectivity index (χ4v) is 4.03. The SMILES string of the molecule is COc1ccccc1CNC(=O)c1ccccc1NC(=O)C(=O)NCCC1CCCCC1. The van der Waals surface area contributed by atoms with Gasteiger partial charge in [-0.25, -0.2) is 0 Å². The predicted molar refractivity (Wildman–Crippen MR) is 123 cm³/mol. The molecule has 0 aromatic heterocycles. The number of anilines is 1. The van der Waals surface area contributed by atoms with Crippen molar-refractivity contribution in [1.29, 1.82) is 0 Å². The molecule has 3 N–H and O–H groups in total. The zero-order valence-corrected chi connectivity index (χ0v) is 18.5. The largest absolute Gasteiger partial charge is 0.496 e. The Morgan fingerprint density at radius 3 is 2.41 bits per heavy atom. The molecule has 2 aromatic carbocycles. The fraction of sp³-hybridized carbons (Fsp3) is 0.400. The molecule has 0 heterocycles. The van der Waals surface area contributed by atoms with Crippen molar-refractivity contribution in [3.8, 4) is 5.75 Å². The smallest absolute Gasteiger partial charge is 0.313 e. The first-order valence-electron chi connectivity index (χ1n) is 11.2. The van der Waals surface area contributed by atoms with Crippen molar-refractivity contribution in [2.24, 2.45) is 5.92 Å². The van der Waals surface area contributed by atoms with Crippen LogP contribution in [-0.4, -0.2) is 31.4 Å². The van der Waals surface area contributed by atoms with E-state index in [1.165, 1.54) is 32.1 Å². The van der Waals surface area contributed by atoms with Gasteiger partial charge in [0.25, 0.3) is 5.91 Å². The summed E-state index contributed by atoms with van der Waals surface area (Å²) in [7, 11) is 1.58. The number of carbonyl (C=O) groups is 3. The number of hydrogen-bond acceptors (Lipinski definition) is 4. The normalized spacial score (nSPS) is 13.8. The summed E-state index contributed by atoms with van der Waals surface area (Å²) >= 11 is 0. The fourth-order valence-electron chi connectivity index (χ4n) is 4.03. The average molecular weight is 438 g/mol. The van der Waals surface area contributed by atoms with Crippen LogP contribution in [0.25, 0.3) is 0 Å². The van der Waals surface area contributed by atoms with E-state index in [2.05, 4.69) is 16.0 Å². The lowest BCUT2D eigenvalue weighted by Crippen LogP contribution is -2.37. The predicted octanol–water partition coefficient (Wildman–Crippen LogP) is 3.65. The minimum atomic E-state index is -0.779. The van der Waals surface area contributed by atoms with Crippen LogP contribution in [0.15, 0.2) is 48.5 Å². The lowest BCUT2D eigenvalue weighted by Gasteiger charge is -2.21. The lowest BCUT2D eigenvalue weighted by atomic mass is 9.87. The molecule has 1 fully saturated rings.